The van der Waals surface area contributed by atoms with Crippen molar-refractivity contribution in [3.05, 3.63) is 35.7 Å². The highest BCUT2D eigenvalue weighted by Crippen LogP contribution is 2.29. The molecule has 6 nitrogen and oxygen atoms in total. The highest BCUT2D eigenvalue weighted by atomic mass is 16.3. The Balaban J connectivity index is 1.87. The van der Waals surface area contributed by atoms with Gasteiger partial charge >= 0.3 is 0 Å². The van der Waals surface area contributed by atoms with Gasteiger partial charge < -0.3 is 9.32 Å². The van der Waals surface area contributed by atoms with Gasteiger partial charge in [-0.25, -0.2) is 4.98 Å². The van der Waals surface area contributed by atoms with E-state index in [-0.39, 0.29) is 5.91 Å². The number of fused-ring (bicyclic) bond motifs is 1. The molecule has 1 amide bonds. The third-order valence-corrected chi connectivity index (χ3v) is 4.92. The molecule has 0 N–H and O–H groups in total. The van der Waals surface area contributed by atoms with Gasteiger partial charge in [-0.15, -0.1) is 0 Å². The molecule has 1 aliphatic heterocycles. The molecule has 1 fully saturated rings. The molecule has 0 aliphatic carbocycles. The van der Waals surface area contributed by atoms with Gasteiger partial charge in [-0.2, -0.15) is 5.10 Å². The first-order valence-electron chi connectivity index (χ1n) is 8.72. The summed E-state index contributed by atoms with van der Waals surface area (Å²) in [5, 5.41) is 5.30. The van der Waals surface area contributed by atoms with Crippen LogP contribution in [-0.4, -0.2) is 38.7 Å². The SMILES string of the molecule is Cc1nn(C)c2nc(-c3ccco3)cc(C(=O)N3CCCC(C)C3)c12. The molecular formula is C19H22N4O2. The summed E-state index contributed by atoms with van der Waals surface area (Å²) < 4.78 is 7.22. The number of piperidine rings is 1. The van der Waals surface area contributed by atoms with Crippen LogP contribution in [0.2, 0.25) is 0 Å². The minimum absolute atomic E-state index is 0.0582. The maximum atomic E-state index is 13.3. The molecule has 1 saturated heterocycles. The number of hydrogen-bond acceptors (Lipinski definition) is 4. The smallest absolute Gasteiger partial charge is 0.254 e. The summed E-state index contributed by atoms with van der Waals surface area (Å²) >= 11 is 0. The Morgan fingerprint density at radius 3 is 2.96 bits per heavy atom. The van der Waals surface area contributed by atoms with Gasteiger partial charge in [-0.05, 0) is 43.9 Å². The fraction of sp³-hybridized carbons (Fsp3) is 0.421. The van der Waals surface area contributed by atoms with E-state index in [1.165, 1.54) is 6.42 Å². The third-order valence-electron chi connectivity index (χ3n) is 4.92. The van der Waals surface area contributed by atoms with Crippen LogP contribution in [0.15, 0.2) is 28.9 Å². The summed E-state index contributed by atoms with van der Waals surface area (Å²) in [5.74, 6) is 1.25. The van der Waals surface area contributed by atoms with Gasteiger partial charge in [0.15, 0.2) is 11.4 Å². The summed E-state index contributed by atoms with van der Waals surface area (Å²) in [6.45, 7) is 5.73. The summed E-state index contributed by atoms with van der Waals surface area (Å²) in [6.07, 6.45) is 3.85. The van der Waals surface area contributed by atoms with Crippen molar-refractivity contribution in [2.45, 2.75) is 26.7 Å². The molecule has 0 spiro atoms. The van der Waals surface area contributed by atoms with E-state index in [0.717, 1.165) is 30.6 Å². The molecule has 3 aromatic rings. The number of likely N-dealkylation sites (tertiary alicyclic amines) is 1. The van der Waals surface area contributed by atoms with Crippen LogP contribution < -0.4 is 0 Å². The van der Waals surface area contributed by atoms with Crippen LogP contribution in [0.25, 0.3) is 22.5 Å². The largest absolute Gasteiger partial charge is 0.463 e. The van der Waals surface area contributed by atoms with Gasteiger partial charge in [0, 0.05) is 20.1 Å². The number of pyridine rings is 1. The van der Waals surface area contributed by atoms with E-state index in [0.29, 0.717) is 28.6 Å². The summed E-state index contributed by atoms with van der Waals surface area (Å²) in [7, 11) is 1.85. The molecule has 0 bridgehead atoms. The van der Waals surface area contributed by atoms with Crippen molar-refractivity contribution in [1.29, 1.82) is 0 Å². The number of hydrogen-bond donors (Lipinski definition) is 0. The van der Waals surface area contributed by atoms with E-state index in [1.54, 1.807) is 10.9 Å². The zero-order valence-electron chi connectivity index (χ0n) is 14.8. The molecule has 6 heteroatoms. The molecule has 0 radical (unpaired) electrons. The molecule has 0 saturated carbocycles. The first-order valence-corrected chi connectivity index (χ1v) is 8.72. The van der Waals surface area contributed by atoms with E-state index >= 15 is 0 Å². The number of furan rings is 1. The van der Waals surface area contributed by atoms with E-state index in [2.05, 4.69) is 17.0 Å². The molecule has 1 atom stereocenters. The first kappa shape index (κ1) is 15.9. The van der Waals surface area contributed by atoms with Gasteiger partial charge in [-0.3, -0.25) is 9.48 Å². The second kappa shape index (κ2) is 6.02. The molecule has 1 unspecified atom stereocenters. The molecule has 4 heterocycles. The third kappa shape index (κ3) is 2.71. The fourth-order valence-electron chi connectivity index (χ4n) is 3.71. The Bertz CT molecular complexity index is 927. The molecule has 130 valence electrons. The quantitative estimate of drug-likeness (QED) is 0.718. The van der Waals surface area contributed by atoms with Crippen LogP contribution in [0.3, 0.4) is 0 Å². The number of aryl methyl sites for hydroxylation is 2. The predicted octanol–water partition coefficient (Wildman–Crippen LogP) is 3.41. The number of amides is 1. The number of nitrogens with zero attached hydrogens (tertiary/aromatic N) is 4. The van der Waals surface area contributed by atoms with Crippen molar-refractivity contribution < 1.29 is 9.21 Å². The zero-order chi connectivity index (χ0) is 17.6. The van der Waals surface area contributed by atoms with Gasteiger partial charge in [0.2, 0.25) is 0 Å². The highest BCUT2D eigenvalue weighted by molar-refractivity contribution is 6.07. The lowest BCUT2D eigenvalue weighted by atomic mass is 9.98. The van der Waals surface area contributed by atoms with Crippen LogP contribution in [0.4, 0.5) is 0 Å². The standard InChI is InChI=1S/C19H22N4O2/c1-12-6-4-8-23(11-12)19(24)14-10-15(16-7-5-9-25-16)20-18-17(14)13(2)21-22(18)3/h5,7,9-10,12H,4,6,8,11H2,1-3H3. The average molecular weight is 338 g/mol. The van der Waals surface area contributed by atoms with Crippen molar-refractivity contribution in [2.75, 3.05) is 13.1 Å². The minimum atomic E-state index is 0.0582. The Morgan fingerprint density at radius 1 is 1.40 bits per heavy atom. The van der Waals surface area contributed by atoms with Gasteiger partial charge in [0.25, 0.3) is 5.91 Å². The van der Waals surface area contributed by atoms with Crippen molar-refractivity contribution >= 4 is 16.9 Å². The Labute approximate surface area is 146 Å². The van der Waals surface area contributed by atoms with E-state index in [9.17, 15) is 4.79 Å². The lowest BCUT2D eigenvalue weighted by molar-refractivity contribution is 0.0685. The zero-order valence-corrected chi connectivity index (χ0v) is 14.8. The predicted molar refractivity (Wildman–Crippen MR) is 95.2 cm³/mol. The highest BCUT2D eigenvalue weighted by Gasteiger charge is 2.26. The molecular weight excluding hydrogens is 316 g/mol. The van der Waals surface area contributed by atoms with Gasteiger partial charge in [0.05, 0.1) is 22.9 Å². The summed E-state index contributed by atoms with van der Waals surface area (Å²) in [5.41, 5.74) is 2.86. The molecule has 1 aliphatic rings. The summed E-state index contributed by atoms with van der Waals surface area (Å²) in [4.78, 5) is 19.9. The molecule has 25 heavy (non-hydrogen) atoms. The van der Waals surface area contributed by atoms with Crippen molar-refractivity contribution in [3.8, 4) is 11.5 Å². The second-order valence-corrected chi connectivity index (χ2v) is 6.94. The number of carbonyl (C=O) groups excluding carboxylic acids is 1. The maximum Gasteiger partial charge on any atom is 0.254 e. The van der Waals surface area contributed by atoms with Crippen molar-refractivity contribution in [2.24, 2.45) is 13.0 Å². The van der Waals surface area contributed by atoms with E-state index in [1.807, 2.05) is 37.1 Å². The fourth-order valence-corrected chi connectivity index (χ4v) is 3.71. The van der Waals surface area contributed by atoms with Gasteiger partial charge in [0.1, 0.15) is 5.69 Å². The monoisotopic (exact) mass is 338 g/mol. The lowest BCUT2D eigenvalue weighted by Crippen LogP contribution is -2.39. The van der Waals surface area contributed by atoms with E-state index in [4.69, 9.17) is 4.42 Å². The molecule has 0 aromatic carbocycles. The van der Waals surface area contributed by atoms with Crippen molar-refractivity contribution in [1.82, 2.24) is 19.7 Å². The molecule has 4 rings (SSSR count). The normalized spacial score (nSPS) is 18.0. The lowest BCUT2D eigenvalue weighted by Gasteiger charge is -2.31. The Kier molecular flexibility index (Phi) is 3.82. The van der Waals surface area contributed by atoms with Crippen LogP contribution in [-0.2, 0) is 7.05 Å². The second-order valence-electron chi connectivity index (χ2n) is 6.94. The molecule has 3 aromatic heterocycles. The topological polar surface area (TPSA) is 64.2 Å². The van der Waals surface area contributed by atoms with E-state index < -0.39 is 0 Å². The average Bonchev–Trinajstić information content (AvgIpc) is 3.23. The van der Waals surface area contributed by atoms with Crippen LogP contribution in [0.5, 0.6) is 0 Å². The van der Waals surface area contributed by atoms with Crippen LogP contribution >= 0.6 is 0 Å². The number of carbonyl (C=O) groups is 1. The first-order chi connectivity index (χ1) is 12.0. The van der Waals surface area contributed by atoms with Crippen LogP contribution in [0.1, 0.15) is 35.8 Å². The maximum absolute atomic E-state index is 13.3. The van der Waals surface area contributed by atoms with Crippen molar-refractivity contribution in [3.63, 3.8) is 0 Å². The number of rotatable bonds is 2. The minimum Gasteiger partial charge on any atom is -0.463 e. The Hall–Kier alpha value is -2.63. The summed E-state index contributed by atoms with van der Waals surface area (Å²) in [6, 6.07) is 5.52. The number of aromatic nitrogens is 3. The van der Waals surface area contributed by atoms with Gasteiger partial charge in [-0.1, -0.05) is 6.92 Å². The Morgan fingerprint density at radius 2 is 2.24 bits per heavy atom. The van der Waals surface area contributed by atoms with Crippen LogP contribution in [0, 0.1) is 12.8 Å².